The zero-order chi connectivity index (χ0) is 26.2. The number of carbonyl (C=O) groups is 1. The van der Waals surface area contributed by atoms with Crippen LogP contribution < -0.4 is 16.4 Å². The predicted molar refractivity (Wildman–Crippen MR) is 128 cm³/mol. The van der Waals surface area contributed by atoms with Gasteiger partial charge in [0.25, 0.3) is 0 Å². The van der Waals surface area contributed by atoms with E-state index in [1.54, 1.807) is 41.3 Å². The van der Waals surface area contributed by atoms with E-state index in [1.807, 2.05) is 17.0 Å². The number of urea groups is 1. The molecule has 9 nitrogen and oxygen atoms in total. The van der Waals surface area contributed by atoms with E-state index >= 15 is 0 Å². The average Bonchev–Trinajstić information content (AvgIpc) is 3.47. The lowest BCUT2D eigenvalue weighted by Gasteiger charge is -2.12. The number of benzene rings is 2. The lowest BCUT2D eigenvalue weighted by molar-refractivity contribution is -0.137. The molecule has 0 radical (unpaired) electrons. The number of rotatable bonds is 5. The number of nitrogens with two attached hydrogens (primary N) is 1. The minimum Gasteiger partial charge on any atom is -0.382 e. The molecule has 0 aliphatic carbocycles. The molecule has 5 rings (SSSR count). The highest BCUT2D eigenvalue weighted by Crippen LogP contribution is 2.34. The molecule has 4 N–H and O–H groups in total. The molecule has 0 unspecified atom stereocenters. The summed E-state index contributed by atoms with van der Waals surface area (Å²) in [5.74, 6) is -0.833. The largest absolute Gasteiger partial charge is 0.416 e. The summed E-state index contributed by atoms with van der Waals surface area (Å²) in [7, 11) is 0. The molecule has 0 saturated carbocycles. The van der Waals surface area contributed by atoms with Gasteiger partial charge in [-0.3, -0.25) is 0 Å². The first-order valence-electron chi connectivity index (χ1n) is 10.8. The van der Waals surface area contributed by atoms with E-state index < -0.39 is 23.6 Å². The van der Waals surface area contributed by atoms with Crippen molar-refractivity contribution in [1.82, 2.24) is 24.1 Å². The van der Waals surface area contributed by atoms with Crippen LogP contribution in [0.25, 0.3) is 16.6 Å². The Labute approximate surface area is 206 Å². The number of hydrogen-bond donors (Lipinski definition) is 3. The van der Waals surface area contributed by atoms with Crippen LogP contribution in [0, 0.1) is 5.82 Å². The second-order valence-corrected chi connectivity index (χ2v) is 8.09. The fraction of sp³-hybridized carbons (Fsp3) is 0.0833. The van der Waals surface area contributed by atoms with E-state index in [4.69, 9.17) is 5.73 Å². The van der Waals surface area contributed by atoms with Crippen LogP contribution in [0.4, 0.5) is 39.5 Å². The van der Waals surface area contributed by atoms with Crippen molar-refractivity contribution >= 4 is 28.7 Å². The molecule has 0 fully saturated rings. The maximum Gasteiger partial charge on any atom is 0.416 e. The third-order valence-electron chi connectivity index (χ3n) is 5.51. The van der Waals surface area contributed by atoms with Gasteiger partial charge in [-0.2, -0.15) is 18.3 Å². The van der Waals surface area contributed by atoms with Gasteiger partial charge >= 0.3 is 12.2 Å². The summed E-state index contributed by atoms with van der Waals surface area (Å²) in [4.78, 5) is 20.5. The Hall–Kier alpha value is -4.94. The minimum atomic E-state index is -4.75. The zero-order valence-electron chi connectivity index (χ0n) is 18.9. The van der Waals surface area contributed by atoms with Crippen LogP contribution in [-0.2, 0) is 12.7 Å². The van der Waals surface area contributed by atoms with Crippen molar-refractivity contribution in [3.63, 3.8) is 0 Å². The Balaban J connectivity index is 1.39. The fourth-order valence-electron chi connectivity index (χ4n) is 3.94. The maximum atomic E-state index is 13.6. The lowest BCUT2D eigenvalue weighted by atomic mass is 10.0. The number of nitrogen functional groups attached to an aromatic ring is 1. The fourth-order valence-corrected chi connectivity index (χ4v) is 3.94. The van der Waals surface area contributed by atoms with E-state index in [0.717, 1.165) is 22.8 Å². The highest BCUT2D eigenvalue weighted by molar-refractivity contribution is 6.00. The van der Waals surface area contributed by atoms with Gasteiger partial charge in [-0.05, 0) is 35.9 Å². The van der Waals surface area contributed by atoms with Crippen LogP contribution >= 0.6 is 0 Å². The number of amides is 2. The van der Waals surface area contributed by atoms with Gasteiger partial charge in [0.2, 0.25) is 0 Å². The number of carbonyl (C=O) groups excluding carboxylic acids is 1. The van der Waals surface area contributed by atoms with Gasteiger partial charge < -0.3 is 20.9 Å². The monoisotopic (exact) mass is 510 g/mol. The summed E-state index contributed by atoms with van der Waals surface area (Å²) >= 11 is 0. The third-order valence-corrected chi connectivity index (χ3v) is 5.51. The van der Waals surface area contributed by atoms with Crippen molar-refractivity contribution in [1.29, 1.82) is 0 Å². The van der Waals surface area contributed by atoms with Gasteiger partial charge in [0.1, 0.15) is 17.7 Å². The topological polar surface area (TPSA) is 115 Å². The third kappa shape index (κ3) is 5.05. The van der Waals surface area contributed by atoms with Crippen LogP contribution in [-0.4, -0.2) is 30.2 Å². The molecule has 0 bridgehead atoms. The van der Waals surface area contributed by atoms with Crippen LogP contribution in [0.1, 0.15) is 11.1 Å². The van der Waals surface area contributed by atoms with Gasteiger partial charge in [0.05, 0.1) is 18.4 Å². The van der Waals surface area contributed by atoms with Gasteiger partial charge in [0.15, 0.2) is 5.82 Å². The SMILES string of the molecule is Nc1ncnn2cc(Cn3ccnc3)c(-c3ccc(NC(=O)Nc4cc(F)cc(C(F)(F)F)c4)cc3)c12. The first kappa shape index (κ1) is 23.8. The highest BCUT2D eigenvalue weighted by Gasteiger charge is 2.31. The summed E-state index contributed by atoms with van der Waals surface area (Å²) in [6.07, 6.45) is 3.62. The smallest absolute Gasteiger partial charge is 0.382 e. The number of halogens is 4. The maximum absolute atomic E-state index is 13.6. The standard InChI is InChI=1S/C24H18F4N8O/c25-17-7-16(24(26,27)28)8-19(9-17)34-23(37)33-18-3-1-14(2-4-18)20-15(10-35-6-5-30-13-35)11-36-21(20)22(29)31-12-32-36/h1-9,11-13H,10H2,(H2,29,31,32)(H2,33,34,37). The molecule has 0 saturated heterocycles. The highest BCUT2D eigenvalue weighted by atomic mass is 19.4. The van der Waals surface area contributed by atoms with Crippen molar-refractivity contribution in [2.24, 2.45) is 0 Å². The summed E-state index contributed by atoms with van der Waals surface area (Å²) in [5, 5.41) is 8.98. The quantitative estimate of drug-likeness (QED) is 0.287. The van der Waals surface area contributed by atoms with Crippen LogP contribution in [0.3, 0.4) is 0 Å². The molecule has 37 heavy (non-hydrogen) atoms. The molecule has 0 spiro atoms. The molecule has 3 aromatic heterocycles. The number of hydrogen-bond acceptors (Lipinski definition) is 5. The second kappa shape index (κ2) is 9.26. The van der Waals surface area contributed by atoms with Crippen molar-refractivity contribution in [2.75, 3.05) is 16.4 Å². The first-order valence-corrected chi connectivity index (χ1v) is 10.8. The number of nitrogens with one attached hydrogen (secondary N) is 2. The van der Waals surface area contributed by atoms with Gasteiger partial charge in [-0.1, -0.05) is 12.1 Å². The van der Waals surface area contributed by atoms with E-state index in [1.165, 1.54) is 6.33 Å². The van der Waals surface area contributed by atoms with E-state index in [2.05, 4.69) is 25.7 Å². The Morgan fingerprint density at radius 1 is 1.05 bits per heavy atom. The van der Waals surface area contributed by atoms with E-state index in [0.29, 0.717) is 29.9 Å². The van der Waals surface area contributed by atoms with Crippen LogP contribution in [0.2, 0.25) is 0 Å². The molecular weight excluding hydrogens is 492 g/mol. The Kier molecular flexibility index (Phi) is 5.95. The normalized spacial score (nSPS) is 11.6. The Bertz CT molecular complexity index is 1580. The number of anilines is 3. The zero-order valence-corrected chi connectivity index (χ0v) is 18.9. The van der Waals surface area contributed by atoms with Gasteiger partial charge in [-0.15, -0.1) is 0 Å². The number of fused-ring (bicyclic) bond motifs is 1. The summed E-state index contributed by atoms with van der Waals surface area (Å²) in [6.45, 7) is 0.494. The van der Waals surface area contributed by atoms with Crippen LogP contribution in [0.5, 0.6) is 0 Å². The molecule has 2 amide bonds. The molecular formula is C24H18F4N8O. The summed E-state index contributed by atoms with van der Waals surface area (Å²) < 4.78 is 55.9. The molecule has 0 atom stereocenters. The van der Waals surface area contributed by atoms with Gasteiger partial charge in [0, 0.05) is 41.1 Å². The van der Waals surface area contributed by atoms with Gasteiger partial charge in [-0.25, -0.2) is 23.7 Å². The predicted octanol–water partition coefficient (Wildman–Crippen LogP) is 5.03. The molecule has 3 heterocycles. The van der Waals surface area contributed by atoms with Crippen molar-refractivity contribution in [3.8, 4) is 11.1 Å². The molecule has 0 aliphatic rings. The van der Waals surface area contributed by atoms with Crippen molar-refractivity contribution in [3.05, 3.63) is 90.7 Å². The number of imidazole rings is 1. The van der Waals surface area contributed by atoms with Crippen molar-refractivity contribution < 1.29 is 22.4 Å². The Morgan fingerprint density at radius 3 is 2.51 bits per heavy atom. The second-order valence-electron chi connectivity index (χ2n) is 8.09. The van der Waals surface area contributed by atoms with Crippen LogP contribution in [0.15, 0.2) is 73.7 Å². The molecule has 5 aromatic rings. The number of aromatic nitrogens is 5. The molecule has 188 valence electrons. The Morgan fingerprint density at radius 2 is 1.81 bits per heavy atom. The molecule has 2 aromatic carbocycles. The lowest BCUT2D eigenvalue weighted by Crippen LogP contribution is -2.20. The van der Waals surface area contributed by atoms with E-state index in [-0.39, 0.29) is 11.5 Å². The molecule has 0 aliphatic heterocycles. The van der Waals surface area contributed by atoms with E-state index in [9.17, 15) is 22.4 Å². The molecule has 13 heteroatoms. The summed E-state index contributed by atoms with van der Waals surface area (Å²) in [5.41, 5.74) is 8.04. The minimum absolute atomic E-state index is 0.289. The number of nitrogens with zero attached hydrogens (tertiary/aromatic N) is 5. The first-order chi connectivity index (χ1) is 17.7. The average molecular weight is 510 g/mol. The van der Waals surface area contributed by atoms with Crippen molar-refractivity contribution in [2.45, 2.75) is 12.7 Å². The summed E-state index contributed by atoms with van der Waals surface area (Å²) in [6, 6.07) is 7.70. The number of alkyl halides is 3.